The van der Waals surface area contributed by atoms with Crippen LogP contribution in [0.25, 0.3) is 33.4 Å². The van der Waals surface area contributed by atoms with E-state index in [0.29, 0.717) is 39.2 Å². The monoisotopic (exact) mass is 381 g/mol. The number of nitro groups is 1. The highest BCUT2D eigenvalue weighted by molar-refractivity contribution is 6.08. The summed E-state index contributed by atoms with van der Waals surface area (Å²) in [6.45, 7) is 0. The highest BCUT2D eigenvalue weighted by atomic mass is 16.6. The quantitative estimate of drug-likeness (QED) is 0.267. The molecule has 142 valence electrons. The van der Waals surface area contributed by atoms with Crippen LogP contribution in [0.5, 0.6) is 0 Å². The van der Waals surface area contributed by atoms with Gasteiger partial charge < -0.3 is 11.5 Å². The third-order valence-corrected chi connectivity index (χ3v) is 4.92. The molecule has 4 aromatic rings. The van der Waals surface area contributed by atoms with Gasteiger partial charge in [-0.25, -0.2) is 0 Å². The summed E-state index contributed by atoms with van der Waals surface area (Å²) in [5.74, 6) is 0. The minimum atomic E-state index is -0.397. The summed E-state index contributed by atoms with van der Waals surface area (Å²) in [5.41, 5.74) is 17.1. The second-order valence-corrected chi connectivity index (χ2v) is 6.66. The molecule has 0 aliphatic carbocycles. The van der Waals surface area contributed by atoms with Gasteiger partial charge in [0.25, 0.3) is 5.69 Å². The lowest BCUT2D eigenvalue weighted by atomic mass is 9.87. The zero-order chi connectivity index (χ0) is 20.4. The Labute approximate surface area is 168 Å². The molecular weight excluding hydrogens is 362 g/mol. The van der Waals surface area contributed by atoms with E-state index in [1.54, 1.807) is 0 Å². The van der Waals surface area contributed by atoms with Crippen molar-refractivity contribution in [3.8, 4) is 33.4 Å². The molecule has 0 saturated heterocycles. The molecule has 0 aromatic heterocycles. The number of benzene rings is 4. The van der Waals surface area contributed by atoms with Crippen LogP contribution in [0.3, 0.4) is 0 Å². The molecule has 0 aliphatic rings. The summed E-state index contributed by atoms with van der Waals surface area (Å²) < 4.78 is 0. The predicted molar refractivity (Wildman–Crippen MR) is 118 cm³/mol. The fourth-order valence-electron chi connectivity index (χ4n) is 3.67. The van der Waals surface area contributed by atoms with Crippen LogP contribution in [0, 0.1) is 10.1 Å². The third kappa shape index (κ3) is 3.19. The first-order chi connectivity index (χ1) is 14.1. The van der Waals surface area contributed by atoms with Gasteiger partial charge in [0.05, 0.1) is 27.4 Å². The van der Waals surface area contributed by atoms with E-state index in [4.69, 9.17) is 11.5 Å². The molecule has 4 aromatic carbocycles. The fourth-order valence-corrected chi connectivity index (χ4v) is 3.67. The summed E-state index contributed by atoms with van der Waals surface area (Å²) in [6.07, 6.45) is 0. The Morgan fingerprint density at radius 1 is 0.552 bits per heavy atom. The highest BCUT2D eigenvalue weighted by Crippen LogP contribution is 2.51. The van der Waals surface area contributed by atoms with Gasteiger partial charge in [-0.3, -0.25) is 10.1 Å². The molecule has 0 atom stereocenters. The largest absolute Gasteiger partial charge is 0.397 e. The zero-order valence-electron chi connectivity index (χ0n) is 15.6. The smallest absolute Gasteiger partial charge is 0.289 e. The normalized spacial score (nSPS) is 10.6. The number of hydrogen-bond acceptors (Lipinski definition) is 4. The Bertz CT molecular complexity index is 1110. The van der Waals surface area contributed by atoms with Crippen LogP contribution >= 0.6 is 0 Å². The standard InChI is InChI=1S/C24H19N3O2/c25-22-19(16-10-4-1-5-11-16)23(26)21(18-14-8-3-9-15-18)24(27(28)29)20(22)17-12-6-2-7-13-17/h1-15H,25-26H2. The Hall–Kier alpha value is -4.12. The van der Waals surface area contributed by atoms with Crippen LogP contribution in [0.2, 0.25) is 0 Å². The van der Waals surface area contributed by atoms with Gasteiger partial charge in [0.2, 0.25) is 0 Å². The molecule has 5 nitrogen and oxygen atoms in total. The van der Waals surface area contributed by atoms with Crippen LogP contribution in [0.4, 0.5) is 17.1 Å². The van der Waals surface area contributed by atoms with Gasteiger partial charge in [-0.05, 0) is 16.7 Å². The van der Waals surface area contributed by atoms with Crippen molar-refractivity contribution in [1.29, 1.82) is 0 Å². The topological polar surface area (TPSA) is 95.2 Å². The number of anilines is 2. The molecule has 4 N–H and O–H groups in total. The van der Waals surface area contributed by atoms with Crippen LogP contribution in [0.15, 0.2) is 91.0 Å². The number of nitrogens with two attached hydrogens (primary N) is 2. The van der Waals surface area contributed by atoms with Crippen LogP contribution in [-0.4, -0.2) is 4.92 Å². The van der Waals surface area contributed by atoms with Crippen molar-refractivity contribution in [2.75, 3.05) is 11.5 Å². The van der Waals surface area contributed by atoms with Gasteiger partial charge in [0.15, 0.2) is 0 Å². The second-order valence-electron chi connectivity index (χ2n) is 6.66. The van der Waals surface area contributed by atoms with Crippen LogP contribution in [0.1, 0.15) is 0 Å². The molecule has 0 saturated carbocycles. The Kier molecular flexibility index (Phi) is 4.71. The molecule has 0 amide bonds. The van der Waals surface area contributed by atoms with E-state index in [1.165, 1.54) is 0 Å². The summed E-state index contributed by atoms with van der Waals surface area (Å²) in [7, 11) is 0. The molecule has 0 unspecified atom stereocenters. The van der Waals surface area contributed by atoms with Gasteiger partial charge in [0, 0.05) is 5.56 Å². The maximum absolute atomic E-state index is 12.2. The van der Waals surface area contributed by atoms with Crippen LogP contribution < -0.4 is 11.5 Å². The van der Waals surface area contributed by atoms with E-state index in [9.17, 15) is 10.1 Å². The SMILES string of the molecule is Nc1c(-c2ccccc2)c(N)c(-c2ccccc2)c([N+](=O)[O-])c1-c1ccccc1. The molecule has 0 spiro atoms. The van der Waals surface area contributed by atoms with E-state index in [1.807, 2.05) is 91.0 Å². The van der Waals surface area contributed by atoms with E-state index >= 15 is 0 Å². The summed E-state index contributed by atoms with van der Waals surface area (Å²) in [5, 5.41) is 12.2. The number of nitrogen functional groups attached to an aromatic ring is 2. The first kappa shape index (κ1) is 18.3. The first-order valence-electron chi connectivity index (χ1n) is 9.15. The average Bonchev–Trinajstić information content (AvgIpc) is 2.75. The Balaban J connectivity index is 2.20. The Morgan fingerprint density at radius 3 is 1.17 bits per heavy atom. The summed E-state index contributed by atoms with van der Waals surface area (Å²) in [6, 6.07) is 27.8. The maximum Gasteiger partial charge on any atom is 0.289 e. The van der Waals surface area contributed by atoms with Crippen molar-refractivity contribution >= 4 is 17.1 Å². The maximum atomic E-state index is 12.2. The summed E-state index contributed by atoms with van der Waals surface area (Å²) >= 11 is 0. The number of rotatable bonds is 4. The van der Waals surface area contributed by atoms with Crippen molar-refractivity contribution in [3.05, 3.63) is 101 Å². The molecule has 0 aliphatic heterocycles. The fraction of sp³-hybridized carbons (Fsp3) is 0. The van der Waals surface area contributed by atoms with Crippen molar-refractivity contribution in [1.82, 2.24) is 0 Å². The highest BCUT2D eigenvalue weighted by Gasteiger charge is 2.30. The average molecular weight is 381 g/mol. The molecule has 0 bridgehead atoms. The molecule has 4 rings (SSSR count). The molecule has 0 fully saturated rings. The molecule has 0 radical (unpaired) electrons. The minimum Gasteiger partial charge on any atom is -0.397 e. The van der Waals surface area contributed by atoms with E-state index in [2.05, 4.69) is 0 Å². The number of nitro benzene ring substituents is 1. The van der Waals surface area contributed by atoms with E-state index in [-0.39, 0.29) is 5.69 Å². The molecular formula is C24H19N3O2. The second kappa shape index (κ2) is 7.48. The van der Waals surface area contributed by atoms with Crippen LogP contribution in [-0.2, 0) is 0 Å². The lowest BCUT2D eigenvalue weighted by Gasteiger charge is -2.19. The van der Waals surface area contributed by atoms with Gasteiger partial charge >= 0.3 is 0 Å². The van der Waals surface area contributed by atoms with Crippen molar-refractivity contribution in [3.63, 3.8) is 0 Å². The minimum absolute atomic E-state index is 0.0860. The molecule has 0 heterocycles. The van der Waals surface area contributed by atoms with Gasteiger partial charge in [-0.1, -0.05) is 91.0 Å². The lowest BCUT2D eigenvalue weighted by molar-refractivity contribution is -0.383. The lowest BCUT2D eigenvalue weighted by Crippen LogP contribution is -2.06. The van der Waals surface area contributed by atoms with Gasteiger partial charge in [-0.2, -0.15) is 0 Å². The zero-order valence-corrected chi connectivity index (χ0v) is 15.6. The summed E-state index contributed by atoms with van der Waals surface area (Å²) in [4.78, 5) is 11.8. The van der Waals surface area contributed by atoms with E-state index < -0.39 is 4.92 Å². The van der Waals surface area contributed by atoms with Crippen molar-refractivity contribution < 1.29 is 4.92 Å². The van der Waals surface area contributed by atoms with Gasteiger partial charge in [-0.15, -0.1) is 0 Å². The third-order valence-electron chi connectivity index (χ3n) is 4.92. The van der Waals surface area contributed by atoms with Crippen molar-refractivity contribution in [2.45, 2.75) is 0 Å². The van der Waals surface area contributed by atoms with Gasteiger partial charge in [0.1, 0.15) is 0 Å². The predicted octanol–water partition coefficient (Wildman–Crippen LogP) is 5.76. The first-order valence-corrected chi connectivity index (χ1v) is 9.15. The van der Waals surface area contributed by atoms with Crippen molar-refractivity contribution in [2.24, 2.45) is 0 Å². The molecule has 5 heteroatoms. The van der Waals surface area contributed by atoms with E-state index in [0.717, 1.165) is 5.56 Å². The number of hydrogen-bond donors (Lipinski definition) is 2. The number of nitrogens with zero attached hydrogens (tertiary/aromatic N) is 1. The molecule has 29 heavy (non-hydrogen) atoms. The Morgan fingerprint density at radius 2 is 0.862 bits per heavy atom.